The highest BCUT2D eigenvalue weighted by atomic mass is 79.9. The molecule has 0 saturated heterocycles. The molecule has 0 atom stereocenters. The monoisotopic (exact) mass is 304 g/mol. The fourth-order valence-corrected chi connectivity index (χ4v) is 1.91. The van der Waals surface area contributed by atoms with Gasteiger partial charge in [0.2, 0.25) is 0 Å². The molecule has 0 aliphatic carbocycles. The Morgan fingerprint density at radius 3 is 2.61 bits per heavy atom. The third-order valence-electron chi connectivity index (χ3n) is 2.49. The maximum absolute atomic E-state index is 13.7. The molecule has 18 heavy (non-hydrogen) atoms. The van der Waals surface area contributed by atoms with E-state index in [1.807, 2.05) is 31.2 Å². The van der Waals surface area contributed by atoms with Crippen LogP contribution in [0.4, 0.5) is 15.8 Å². The molecule has 4 heteroatoms. The average molecular weight is 305 g/mol. The van der Waals surface area contributed by atoms with Crippen molar-refractivity contribution in [2.45, 2.75) is 6.92 Å². The Kier molecular flexibility index (Phi) is 3.63. The van der Waals surface area contributed by atoms with Gasteiger partial charge in [-0.3, -0.25) is 0 Å². The first-order valence-corrected chi connectivity index (χ1v) is 6.12. The minimum absolute atomic E-state index is 0.307. The number of aryl methyl sites for hydroxylation is 1. The number of hydrogen-bond donors (Lipinski definition) is 1. The Labute approximate surface area is 113 Å². The van der Waals surface area contributed by atoms with Gasteiger partial charge in [-0.2, -0.15) is 5.26 Å². The molecule has 2 aromatic carbocycles. The van der Waals surface area contributed by atoms with E-state index in [2.05, 4.69) is 21.2 Å². The van der Waals surface area contributed by atoms with Crippen LogP contribution in [0.2, 0.25) is 0 Å². The average Bonchev–Trinajstić information content (AvgIpc) is 2.36. The normalized spacial score (nSPS) is 9.89. The number of nitriles is 1. The molecular weight excluding hydrogens is 295 g/mol. The third kappa shape index (κ3) is 2.69. The maximum atomic E-state index is 13.7. The molecule has 0 aliphatic heterocycles. The molecule has 1 N–H and O–H groups in total. The zero-order chi connectivity index (χ0) is 13.1. The number of rotatable bonds is 2. The van der Waals surface area contributed by atoms with Gasteiger partial charge in [-0.25, -0.2) is 4.39 Å². The van der Waals surface area contributed by atoms with Gasteiger partial charge in [-0.05, 0) is 58.7 Å². The van der Waals surface area contributed by atoms with Crippen molar-refractivity contribution < 1.29 is 4.39 Å². The fourth-order valence-electron chi connectivity index (χ4n) is 1.57. The Hall–Kier alpha value is -1.86. The summed E-state index contributed by atoms with van der Waals surface area (Å²) in [7, 11) is 0. The van der Waals surface area contributed by atoms with Crippen LogP contribution in [0.1, 0.15) is 11.1 Å². The summed E-state index contributed by atoms with van der Waals surface area (Å²) >= 11 is 3.40. The van der Waals surface area contributed by atoms with E-state index in [-0.39, 0.29) is 0 Å². The zero-order valence-electron chi connectivity index (χ0n) is 9.67. The van der Waals surface area contributed by atoms with Crippen LogP contribution in [0.5, 0.6) is 0 Å². The molecule has 0 unspecified atom stereocenters. The fraction of sp³-hybridized carbons (Fsp3) is 0.0714. The second-order valence-electron chi connectivity index (χ2n) is 3.91. The first-order valence-electron chi connectivity index (χ1n) is 5.33. The van der Waals surface area contributed by atoms with E-state index in [1.165, 1.54) is 6.07 Å². The summed E-state index contributed by atoms with van der Waals surface area (Å²) in [4.78, 5) is 0. The first kappa shape index (κ1) is 12.6. The quantitative estimate of drug-likeness (QED) is 0.886. The Morgan fingerprint density at radius 2 is 1.94 bits per heavy atom. The van der Waals surface area contributed by atoms with E-state index < -0.39 is 5.82 Å². The van der Waals surface area contributed by atoms with Gasteiger partial charge < -0.3 is 5.32 Å². The van der Waals surface area contributed by atoms with E-state index in [1.54, 1.807) is 12.1 Å². The van der Waals surface area contributed by atoms with Crippen LogP contribution in [0, 0.1) is 24.1 Å². The summed E-state index contributed by atoms with van der Waals surface area (Å²) in [6.45, 7) is 1.97. The van der Waals surface area contributed by atoms with Gasteiger partial charge in [0.05, 0.1) is 23.0 Å². The lowest BCUT2D eigenvalue weighted by Crippen LogP contribution is -1.95. The molecule has 2 aromatic rings. The topological polar surface area (TPSA) is 35.8 Å². The number of halogens is 2. The van der Waals surface area contributed by atoms with Gasteiger partial charge in [-0.15, -0.1) is 0 Å². The van der Waals surface area contributed by atoms with Crippen molar-refractivity contribution in [3.05, 3.63) is 57.8 Å². The highest BCUT2D eigenvalue weighted by Crippen LogP contribution is 2.28. The molecule has 0 aliphatic rings. The summed E-state index contributed by atoms with van der Waals surface area (Å²) < 4.78 is 14.6. The lowest BCUT2D eigenvalue weighted by molar-refractivity contribution is 0.631. The van der Waals surface area contributed by atoms with Crippen LogP contribution in [0.3, 0.4) is 0 Å². The molecule has 0 fully saturated rings. The predicted octanol–water partition coefficient (Wildman–Crippen LogP) is 4.51. The van der Waals surface area contributed by atoms with Gasteiger partial charge in [0.25, 0.3) is 0 Å². The first-order chi connectivity index (χ1) is 8.60. The second kappa shape index (κ2) is 5.19. The molecular formula is C14H10BrFN2. The van der Waals surface area contributed by atoms with Crippen molar-refractivity contribution in [3.63, 3.8) is 0 Å². The predicted molar refractivity (Wildman–Crippen MR) is 73.3 cm³/mol. The summed E-state index contributed by atoms with van der Waals surface area (Å²) in [5.41, 5.74) is 2.52. The number of anilines is 2. The summed E-state index contributed by atoms with van der Waals surface area (Å²) in [5.74, 6) is -0.442. The molecule has 2 rings (SSSR count). The second-order valence-corrected chi connectivity index (χ2v) is 4.77. The van der Waals surface area contributed by atoms with E-state index >= 15 is 0 Å². The number of benzene rings is 2. The lowest BCUT2D eigenvalue weighted by atomic mass is 10.2. The molecule has 0 amide bonds. The van der Waals surface area contributed by atoms with E-state index in [0.29, 0.717) is 11.3 Å². The Morgan fingerprint density at radius 1 is 1.17 bits per heavy atom. The molecule has 90 valence electrons. The molecule has 0 saturated carbocycles. The highest BCUT2D eigenvalue weighted by molar-refractivity contribution is 9.10. The standard InChI is InChI=1S/C14H10BrFN2/c1-9-2-4-11(15)14(6-9)18-13-5-3-10(8-17)7-12(13)16/h2-7,18H,1H3. The Balaban J connectivity index is 2.34. The summed E-state index contributed by atoms with van der Waals surface area (Å²) in [6, 6.07) is 12.0. The van der Waals surface area contributed by atoms with Crippen LogP contribution in [-0.4, -0.2) is 0 Å². The van der Waals surface area contributed by atoms with Crippen LogP contribution in [0.25, 0.3) is 0 Å². The van der Waals surface area contributed by atoms with E-state index in [4.69, 9.17) is 5.26 Å². The van der Waals surface area contributed by atoms with Crippen LogP contribution < -0.4 is 5.32 Å². The number of nitrogens with zero attached hydrogens (tertiary/aromatic N) is 1. The summed E-state index contributed by atoms with van der Waals surface area (Å²) in [5, 5.41) is 11.7. The van der Waals surface area contributed by atoms with Gasteiger partial charge in [0, 0.05) is 4.47 Å². The van der Waals surface area contributed by atoms with E-state index in [0.717, 1.165) is 15.7 Å². The number of hydrogen-bond acceptors (Lipinski definition) is 2. The molecule has 0 radical (unpaired) electrons. The van der Waals surface area contributed by atoms with Gasteiger partial charge in [0.1, 0.15) is 5.82 Å². The van der Waals surface area contributed by atoms with Crippen molar-refractivity contribution in [2.75, 3.05) is 5.32 Å². The summed E-state index contributed by atoms with van der Waals surface area (Å²) in [6.07, 6.45) is 0. The smallest absolute Gasteiger partial charge is 0.147 e. The minimum Gasteiger partial charge on any atom is -0.352 e. The number of nitrogens with one attached hydrogen (secondary N) is 1. The molecule has 0 heterocycles. The van der Waals surface area contributed by atoms with Crippen LogP contribution >= 0.6 is 15.9 Å². The van der Waals surface area contributed by atoms with Crippen LogP contribution in [-0.2, 0) is 0 Å². The minimum atomic E-state index is -0.442. The van der Waals surface area contributed by atoms with Crippen molar-refractivity contribution in [1.82, 2.24) is 0 Å². The van der Waals surface area contributed by atoms with Gasteiger partial charge >= 0.3 is 0 Å². The molecule has 2 nitrogen and oxygen atoms in total. The lowest BCUT2D eigenvalue weighted by Gasteiger charge is -2.10. The SMILES string of the molecule is Cc1ccc(Br)c(Nc2ccc(C#N)cc2F)c1. The zero-order valence-corrected chi connectivity index (χ0v) is 11.3. The Bertz CT molecular complexity index is 632. The third-order valence-corrected chi connectivity index (χ3v) is 3.18. The largest absolute Gasteiger partial charge is 0.352 e. The van der Waals surface area contributed by atoms with Crippen molar-refractivity contribution >= 4 is 27.3 Å². The van der Waals surface area contributed by atoms with Gasteiger partial charge in [0.15, 0.2) is 0 Å². The van der Waals surface area contributed by atoms with Crippen LogP contribution in [0.15, 0.2) is 40.9 Å². The van der Waals surface area contributed by atoms with Crippen molar-refractivity contribution in [1.29, 1.82) is 5.26 Å². The molecule has 0 bridgehead atoms. The van der Waals surface area contributed by atoms with E-state index in [9.17, 15) is 4.39 Å². The van der Waals surface area contributed by atoms with Gasteiger partial charge in [-0.1, -0.05) is 6.07 Å². The van der Waals surface area contributed by atoms with Crippen molar-refractivity contribution in [2.24, 2.45) is 0 Å². The van der Waals surface area contributed by atoms with Crippen molar-refractivity contribution in [3.8, 4) is 6.07 Å². The maximum Gasteiger partial charge on any atom is 0.147 e. The molecule has 0 spiro atoms. The molecule has 0 aromatic heterocycles. The highest BCUT2D eigenvalue weighted by Gasteiger charge is 2.06.